The van der Waals surface area contributed by atoms with E-state index in [1.165, 1.54) is 32.1 Å². The van der Waals surface area contributed by atoms with Crippen LogP contribution in [0.25, 0.3) is 0 Å². The number of nitrogens with two attached hydrogens (primary N) is 1. The van der Waals surface area contributed by atoms with Gasteiger partial charge in [0.1, 0.15) is 0 Å². The van der Waals surface area contributed by atoms with Crippen LogP contribution in [-0.2, 0) is 0 Å². The van der Waals surface area contributed by atoms with Crippen molar-refractivity contribution < 1.29 is 0 Å². The van der Waals surface area contributed by atoms with Gasteiger partial charge in [-0.3, -0.25) is 11.3 Å². The van der Waals surface area contributed by atoms with Crippen molar-refractivity contribution in [3.63, 3.8) is 0 Å². The van der Waals surface area contributed by atoms with Crippen LogP contribution >= 0.6 is 0 Å². The first kappa shape index (κ1) is 16.9. The molecule has 0 saturated heterocycles. The van der Waals surface area contributed by atoms with Gasteiger partial charge in [-0.25, -0.2) is 0 Å². The normalized spacial score (nSPS) is 30.6. The first-order valence-electron chi connectivity index (χ1n) is 7.85. The van der Waals surface area contributed by atoms with Crippen LogP contribution in [0.4, 0.5) is 0 Å². The lowest BCUT2D eigenvalue weighted by Crippen LogP contribution is -2.62. The SMILES string of the molecule is CC1CCCC(C(CCC(C)(C)C)NN)(N(C)C)C1. The van der Waals surface area contributed by atoms with E-state index in [0.717, 1.165) is 12.3 Å². The van der Waals surface area contributed by atoms with Gasteiger partial charge in [0.25, 0.3) is 0 Å². The Morgan fingerprint density at radius 3 is 2.42 bits per heavy atom. The smallest absolute Gasteiger partial charge is 0.0394 e. The summed E-state index contributed by atoms with van der Waals surface area (Å²) in [6.45, 7) is 9.32. The lowest BCUT2D eigenvalue weighted by molar-refractivity contribution is 0.0306. The van der Waals surface area contributed by atoms with Crippen LogP contribution in [0.15, 0.2) is 0 Å². The summed E-state index contributed by atoms with van der Waals surface area (Å²) in [5.41, 5.74) is 3.76. The van der Waals surface area contributed by atoms with Crippen molar-refractivity contribution in [3.8, 4) is 0 Å². The second-order valence-corrected chi connectivity index (χ2v) is 8.02. The molecule has 1 aliphatic carbocycles. The number of likely N-dealkylation sites (N-methyl/N-ethyl adjacent to an activating group) is 1. The van der Waals surface area contributed by atoms with E-state index in [0.29, 0.717) is 11.5 Å². The summed E-state index contributed by atoms with van der Waals surface area (Å²) in [5.74, 6) is 6.73. The maximum atomic E-state index is 5.92. The average molecular weight is 269 g/mol. The lowest BCUT2D eigenvalue weighted by atomic mass is 9.69. The summed E-state index contributed by atoms with van der Waals surface area (Å²) >= 11 is 0. The Kier molecular flexibility index (Phi) is 5.84. The molecule has 0 heterocycles. The molecule has 1 fully saturated rings. The maximum absolute atomic E-state index is 5.92. The van der Waals surface area contributed by atoms with Crippen molar-refractivity contribution in [2.75, 3.05) is 14.1 Å². The van der Waals surface area contributed by atoms with E-state index in [2.05, 4.69) is 52.1 Å². The van der Waals surface area contributed by atoms with Crippen LogP contribution in [0.5, 0.6) is 0 Å². The number of hydrogen-bond acceptors (Lipinski definition) is 3. The van der Waals surface area contributed by atoms with Crippen molar-refractivity contribution in [1.82, 2.24) is 10.3 Å². The van der Waals surface area contributed by atoms with E-state index in [1.807, 2.05) is 0 Å². The van der Waals surface area contributed by atoms with Crippen LogP contribution in [0.3, 0.4) is 0 Å². The van der Waals surface area contributed by atoms with Crippen LogP contribution in [-0.4, -0.2) is 30.6 Å². The van der Waals surface area contributed by atoms with Crippen LogP contribution in [0.2, 0.25) is 0 Å². The van der Waals surface area contributed by atoms with Gasteiger partial charge >= 0.3 is 0 Å². The summed E-state index contributed by atoms with van der Waals surface area (Å²) in [4.78, 5) is 2.43. The Labute approximate surface area is 120 Å². The van der Waals surface area contributed by atoms with Crippen molar-refractivity contribution in [3.05, 3.63) is 0 Å². The first-order valence-corrected chi connectivity index (χ1v) is 7.85. The van der Waals surface area contributed by atoms with Gasteiger partial charge in [0.05, 0.1) is 0 Å². The molecule has 0 bridgehead atoms. The van der Waals surface area contributed by atoms with Gasteiger partial charge in [-0.2, -0.15) is 0 Å². The third kappa shape index (κ3) is 4.44. The zero-order valence-corrected chi connectivity index (χ0v) is 13.9. The first-order chi connectivity index (χ1) is 8.71. The standard InChI is InChI=1S/C16H35N3/c1-13-8-7-10-16(12-13,19(5)6)14(18-17)9-11-15(2,3)4/h13-14,18H,7-12,17H2,1-6H3. The second kappa shape index (κ2) is 6.55. The van der Waals surface area contributed by atoms with Gasteiger partial charge in [0.15, 0.2) is 0 Å². The highest BCUT2D eigenvalue weighted by Gasteiger charge is 2.43. The summed E-state index contributed by atoms with van der Waals surface area (Å²) in [6.07, 6.45) is 7.60. The molecule has 0 spiro atoms. The predicted molar refractivity (Wildman–Crippen MR) is 83.9 cm³/mol. The fraction of sp³-hybridized carbons (Fsp3) is 1.00. The molecule has 0 aromatic carbocycles. The molecule has 0 amide bonds. The number of hydrazine groups is 1. The molecule has 0 aromatic rings. The Morgan fingerprint density at radius 1 is 1.37 bits per heavy atom. The minimum Gasteiger partial charge on any atom is -0.302 e. The number of rotatable bonds is 5. The number of hydrogen-bond donors (Lipinski definition) is 2. The van der Waals surface area contributed by atoms with Gasteiger partial charge < -0.3 is 4.90 Å². The van der Waals surface area contributed by atoms with Gasteiger partial charge in [0, 0.05) is 11.6 Å². The van der Waals surface area contributed by atoms with Crippen LogP contribution < -0.4 is 11.3 Å². The van der Waals surface area contributed by atoms with Crippen molar-refractivity contribution in [1.29, 1.82) is 0 Å². The Hall–Kier alpha value is -0.120. The quantitative estimate of drug-likeness (QED) is 0.595. The molecule has 1 rings (SSSR count). The molecule has 3 heteroatoms. The minimum absolute atomic E-state index is 0.234. The van der Waals surface area contributed by atoms with E-state index in [9.17, 15) is 0 Å². The van der Waals surface area contributed by atoms with Crippen molar-refractivity contribution in [2.45, 2.75) is 77.8 Å². The number of nitrogens with one attached hydrogen (secondary N) is 1. The molecule has 1 aliphatic rings. The van der Waals surface area contributed by atoms with Gasteiger partial charge in [0.2, 0.25) is 0 Å². The molecule has 0 aromatic heterocycles. The monoisotopic (exact) mass is 269 g/mol. The second-order valence-electron chi connectivity index (χ2n) is 8.02. The zero-order chi connectivity index (χ0) is 14.7. The fourth-order valence-corrected chi connectivity index (χ4v) is 3.68. The molecular formula is C16H35N3. The summed E-state index contributed by atoms with van der Waals surface area (Å²) < 4.78 is 0. The highest BCUT2D eigenvalue weighted by Crippen LogP contribution is 2.40. The van der Waals surface area contributed by atoms with Gasteiger partial charge in [-0.15, -0.1) is 0 Å². The molecule has 1 saturated carbocycles. The van der Waals surface area contributed by atoms with E-state index in [1.54, 1.807) is 0 Å². The number of nitrogens with zero attached hydrogens (tertiary/aromatic N) is 1. The molecule has 3 atom stereocenters. The Morgan fingerprint density at radius 2 is 2.00 bits per heavy atom. The minimum atomic E-state index is 0.234. The molecule has 0 aliphatic heterocycles. The van der Waals surface area contributed by atoms with Crippen LogP contribution in [0.1, 0.15) is 66.2 Å². The Balaban J connectivity index is 2.82. The highest BCUT2D eigenvalue weighted by molar-refractivity contribution is 5.01. The largest absolute Gasteiger partial charge is 0.302 e. The maximum Gasteiger partial charge on any atom is 0.0394 e. The summed E-state index contributed by atoms with van der Waals surface area (Å²) in [6, 6.07) is 0.393. The molecule has 3 N–H and O–H groups in total. The zero-order valence-electron chi connectivity index (χ0n) is 13.9. The highest BCUT2D eigenvalue weighted by atomic mass is 15.3. The van der Waals surface area contributed by atoms with Crippen molar-refractivity contribution in [2.24, 2.45) is 17.2 Å². The summed E-state index contributed by atoms with van der Waals surface area (Å²) in [5, 5.41) is 0. The average Bonchev–Trinajstić information content (AvgIpc) is 2.28. The van der Waals surface area contributed by atoms with E-state index >= 15 is 0 Å². The third-order valence-corrected chi connectivity index (χ3v) is 4.93. The lowest BCUT2D eigenvalue weighted by Gasteiger charge is -2.50. The third-order valence-electron chi connectivity index (χ3n) is 4.93. The fourth-order valence-electron chi connectivity index (χ4n) is 3.68. The van der Waals surface area contributed by atoms with E-state index in [4.69, 9.17) is 5.84 Å². The van der Waals surface area contributed by atoms with Crippen LogP contribution in [0, 0.1) is 11.3 Å². The topological polar surface area (TPSA) is 41.3 Å². The van der Waals surface area contributed by atoms with E-state index < -0.39 is 0 Å². The molecule has 3 nitrogen and oxygen atoms in total. The molecule has 0 radical (unpaired) electrons. The predicted octanol–water partition coefficient (Wildman–Crippen LogP) is 3.16. The van der Waals surface area contributed by atoms with Gasteiger partial charge in [-0.1, -0.05) is 40.5 Å². The summed E-state index contributed by atoms with van der Waals surface area (Å²) in [7, 11) is 4.44. The molecular weight excluding hydrogens is 234 g/mol. The van der Waals surface area contributed by atoms with Crippen molar-refractivity contribution >= 4 is 0 Å². The molecule has 3 unspecified atom stereocenters. The molecule has 114 valence electrons. The molecule has 19 heavy (non-hydrogen) atoms. The van der Waals surface area contributed by atoms with E-state index in [-0.39, 0.29) is 5.54 Å². The Bertz CT molecular complexity index is 270. The van der Waals surface area contributed by atoms with Gasteiger partial charge in [-0.05, 0) is 51.1 Å².